The van der Waals surface area contributed by atoms with Crippen LogP contribution in [0, 0.1) is 0 Å². The van der Waals surface area contributed by atoms with E-state index in [-0.39, 0.29) is 0 Å². The number of nitrogens with zero attached hydrogens (tertiary/aromatic N) is 4. The Morgan fingerprint density at radius 2 is 2.28 bits per heavy atom. The number of hydrogen-bond acceptors (Lipinski definition) is 3. The van der Waals surface area contributed by atoms with E-state index in [1.54, 1.807) is 0 Å². The van der Waals surface area contributed by atoms with Gasteiger partial charge in [-0.2, -0.15) is 0 Å². The van der Waals surface area contributed by atoms with E-state index in [0.29, 0.717) is 6.04 Å². The van der Waals surface area contributed by atoms with Gasteiger partial charge in [-0.15, -0.1) is 0 Å². The third-order valence-electron chi connectivity index (χ3n) is 4.64. The molecule has 3 heterocycles. The first-order valence-electron chi connectivity index (χ1n) is 7.22. The van der Waals surface area contributed by atoms with Crippen molar-refractivity contribution in [3.05, 3.63) is 18.2 Å². The van der Waals surface area contributed by atoms with Crippen LogP contribution in [0.2, 0.25) is 0 Å². The molecule has 100 valence electrons. The van der Waals surface area contributed by atoms with Gasteiger partial charge >= 0.3 is 0 Å². The number of rotatable bonds is 3. The van der Waals surface area contributed by atoms with Gasteiger partial charge in [-0.1, -0.05) is 6.92 Å². The van der Waals surface area contributed by atoms with E-state index in [1.165, 1.54) is 44.7 Å². The Bertz CT molecular complexity index is 400. The summed E-state index contributed by atoms with van der Waals surface area (Å²) in [5.74, 6) is 1.19. The molecule has 3 rings (SSSR count). The summed E-state index contributed by atoms with van der Waals surface area (Å²) in [6.45, 7) is 7.12. The van der Waals surface area contributed by atoms with Crippen molar-refractivity contribution in [2.75, 3.05) is 19.6 Å². The van der Waals surface area contributed by atoms with Gasteiger partial charge < -0.3 is 4.57 Å². The van der Waals surface area contributed by atoms with E-state index in [1.807, 2.05) is 12.4 Å². The first kappa shape index (κ1) is 12.2. The van der Waals surface area contributed by atoms with Gasteiger partial charge in [0.15, 0.2) is 0 Å². The zero-order valence-corrected chi connectivity index (χ0v) is 11.5. The number of hydrogen-bond donors (Lipinski definition) is 0. The highest BCUT2D eigenvalue weighted by Gasteiger charge is 2.35. The fourth-order valence-electron chi connectivity index (χ4n) is 3.46. The zero-order valence-electron chi connectivity index (χ0n) is 11.5. The minimum atomic E-state index is 0.705. The highest BCUT2D eigenvalue weighted by atomic mass is 15.3. The van der Waals surface area contributed by atoms with Crippen LogP contribution in [-0.2, 0) is 13.6 Å². The first-order valence-corrected chi connectivity index (χ1v) is 7.22. The molecule has 2 atom stereocenters. The molecule has 0 radical (unpaired) electrons. The van der Waals surface area contributed by atoms with E-state index in [0.717, 1.165) is 12.6 Å². The molecular formula is C14H24N4. The number of piperazine rings is 1. The second-order valence-electron chi connectivity index (χ2n) is 5.74. The summed E-state index contributed by atoms with van der Waals surface area (Å²) < 4.78 is 2.15. The lowest BCUT2D eigenvalue weighted by molar-refractivity contribution is 0.0414. The van der Waals surface area contributed by atoms with Crippen molar-refractivity contribution >= 4 is 0 Å². The predicted octanol–water partition coefficient (Wildman–Crippen LogP) is 1.48. The molecule has 18 heavy (non-hydrogen) atoms. The van der Waals surface area contributed by atoms with Crippen LogP contribution in [0.5, 0.6) is 0 Å². The van der Waals surface area contributed by atoms with Crippen molar-refractivity contribution in [3.8, 4) is 0 Å². The van der Waals surface area contributed by atoms with Crippen LogP contribution >= 0.6 is 0 Å². The maximum absolute atomic E-state index is 4.47. The van der Waals surface area contributed by atoms with Crippen LogP contribution in [0.15, 0.2) is 12.4 Å². The number of fused-ring (bicyclic) bond motifs is 1. The van der Waals surface area contributed by atoms with Gasteiger partial charge in [0.2, 0.25) is 0 Å². The lowest BCUT2D eigenvalue weighted by atomic mass is 10.1. The SMILES string of the molecule is CCC1CN2CCCC2CN1Cc1nccn1C. The van der Waals surface area contributed by atoms with Gasteiger partial charge in [-0.3, -0.25) is 9.80 Å². The van der Waals surface area contributed by atoms with Gasteiger partial charge in [0, 0.05) is 44.6 Å². The molecule has 4 nitrogen and oxygen atoms in total. The predicted molar refractivity (Wildman–Crippen MR) is 72.3 cm³/mol. The topological polar surface area (TPSA) is 24.3 Å². The van der Waals surface area contributed by atoms with Gasteiger partial charge in [-0.05, 0) is 25.8 Å². The van der Waals surface area contributed by atoms with Crippen LogP contribution in [0.25, 0.3) is 0 Å². The van der Waals surface area contributed by atoms with E-state index >= 15 is 0 Å². The van der Waals surface area contributed by atoms with E-state index < -0.39 is 0 Å². The highest BCUT2D eigenvalue weighted by molar-refractivity contribution is 4.96. The minimum absolute atomic E-state index is 0.705. The molecule has 2 fully saturated rings. The molecule has 0 aliphatic carbocycles. The summed E-state index contributed by atoms with van der Waals surface area (Å²) >= 11 is 0. The Kier molecular flexibility index (Phi) is 3.39. The molecule has 0 spiro atoms. The molecule has 1 aromatic rings. The maximum atomic E-state index is 4.47. The molecular weight excluding hydrogens is 224 g/mol. The molecule has 2 aliphatic rings. The number of aromatic nitrogens is 2. The Morgan fingerprint density at radius 3 is 3.00 bits per heavy atom. The van der Waals surface area contributed by atoms with Gasteiger partial charge in [-0.25, -0.2) is 4.98 Å². The van der Waals surface area contributed by atoms with Crippen LogP contribution in [0.3, 0.4) is 0 Å². The van der Waals surface area contributed by atoms with Gasteiger partial charge in [0.25, 0.3) is 0 Å². The average molecular weight is 248 g/mol. The number of aryl methyl sites for hydroxylation is 1. The summed E-state index contributed by atoms with van der Waals surface area (Å²) in [7, 11) is 2.09. The fraction of sp³-hybridized carbons (Fsp3) is 0.786. The standard InChI is InChI=1S/C14H24N4/c1-3-12-9-17-7-4-5-13(17)10-18(12)11-14-15-6-8-16(14)2/h6,8,12-13H,3-5,7,9-11H2,1-2H3. The molecule has 4 heteroatoms. The summed E-state index contributed by atoms with van der Waals surface area (Å²) in [4.78, 5) is 9.82. The Labute approximate surface area is 110 Å². The lowest BCUT2D eigenvalue weighted by Gasteiger charge is -2.43. The highest BCUT2D eigenvalue weighted by Crippen LogP contribution is 2.26. The first-order chi connectivity index (χ1) is 8.78. The van der Waals surface area contributed by atoms with Crippen molar-refractivity contribution in [3.63, 3.8) is 0 Å². The summed E-state index contributed by atoms with van der Waals surface area (Å²) in [6.07, 6.45) is 7.96. The largest absolute Gasteiger partial charge is 0.337 e. The quantitative estimate of drug-likeness (QED) is 0.810. The monoisotopic (exact) mass is 248 g/mol. The summed E-state index contributed by atoms with van der Waals surface area (Å²) in [5.41, 5.74) is 0. The molecule has 2 unspecified atom stereocenters. The Hall–Kier alpha value is -0.870. The van der Waals surface area contributed by atoms with Crippen molar-refractivity contribution < 1.29 is 0 Å². The van der Waals surface area contributed by atoms with Gasteiger partial charge in [0.05, 0.1) is 6.54 Å². The molecule has 0 amide bonds. The lowest BCUT2D eigenvalue weighted by Crippen LogP contribution is -2.55. The van der Waals surface area contributed by atoms with E-state index in [9.17, 15) is 0 Å². The minimum Gasteiger partial charge on any atom is -0.337 e. The molecule has 0 N–H and O–H groups in total. The molecule has 0 aromatic carbocycles. The third kappa shape index (κ3) is 2.19. The normalized spacial score (nSPS) is 29.7. The van der Waals surface area contributed by atoms with Crippen molar-refractivity contribution in [1.29, 1.82) is 0 Å². The maximum Gasteiger partial charge on any atom is 0.122 e. The Balaban J connectivity index is 1.71. The third-order valence-corrected chi connectivity index (χ3v) is 4.64. The smallest absolute Gasteiger partial charge is 0.122 e. The van der Waals surface area contributed by atoms with Crippen LogP contribution < -0.4 is 0 Å². The Morgan fingerprint density at radius 1 is 1.39 bits per heavy atom. The molecule has 0 bridgehead atoms. The van der Waals surface area contributed by atoms with Crippen molar-refractivity contribution in [2.45, 2.75) is 44.8 Å². The van der Waals surface area contributed by atoms with Crippen LogP contribution in [0.1, 0.15) is 32.0 Å². The molecule has 0 saturated carbocycles. The van der Waals surface area contributed by atoms with Crippen molar-refractivity contribution in [2.24, 2.45) is 7.05 Å². The summed E-state index contributed by atoms with van der Waals surface area (Å²) in [5, 5.41) is 0. The average Bonchev–Trinajstić information content (AvgIpc) is 2.98. The van der Waals surface area contributed by atoms with Crippen LogP contribution in [-0.4, -0.2) is 51.1 Å². The molecule has 2 saturated heterocycles. The van der Waals surface area contributed by atoms with Gasteiger partial charge in [0.1, 0.15) is 5.82 Å². The second-order valence-corrected chi connectivity index (χ2v) is 5.74. The summed E-state index contributed by atoms with van der Waals surface area (Å²) in [6, 6.07) is 1.50. The number of imidazole rings is 1. The fourth-order valence-corrected chi connectivity index (χ4v) is 3.46. The molecule has 1 aromatic heterocycles. The zero-order chi connectivity index (χ0) is 12.5. The molecule has 2 aliphatic heterocycles. The van der Waals surface area contributed by atoms with Crippen LogP contribution in [0.4, 0.5) is 0 Å². The van der Waals surface area contributed by atoms with E-state index in [4.69, 9.17) is 0 Å². The van der Waals surface area contributed by atoms with E-state index in [2.05, 4.69) is 33.3 Å². The van der Waals surface area contributed by atoms with Crippen molar-refractivity contribution in [1.82, 2.24) is 19.4 Å². The second kappa shape index (κ2) is 5.02.